The van der Waals surface area contributed by atoms with Gasteiger partial charge in [0.25, 0.3) is 0 Å². The van der Waals surface area contributed by atoms with Crippen molar-refractivity contribution in [3.05, 3.63) is 35.9 Å². The van der Waals surface area contributed by atoms with Gasteiger partial charge in [0.2, 0.25) is 0 Å². The number of hydrogen-bond acceptors (Lipinski definition) is 2. The van der Waals surface area contributed by atoms with Gasteiger partial charge in [0, 0.05) is 12.6 Å². The van der Waals surface area contributed by atoms with E-state index >= 15 is 0 Å². The third-order valence-electron chi connectivity index (χ3n) is 2.74. The van der Waals surface area contributed by atoms with Crippen LogP contribution >= 0.6 is 0 Å². The Labute approximate surface area is 85.3 Å². The Morgan fingerprint density at radius 1 is 1.36 bits per heavy atom. The first-order valence-corrected chi connectivity index (χ1v) is 5.31. The highest BCUT2D eigenvalue weighted by Gasteiger charge is 2.24. The molecule has 1 aliphatic heterocycles. The fourth-order valence-corrected chi connectivity index (χ4v) is 1.98. The van der Waals surface area contributed by atoms with Crippen LogP contribution in [0, 0.1) is 0 Å². The van der Waals surface area contributed by atoms with Gasteiger partial charge in [-0.25, -0.2) is 0 Å². The summed E-state index contributed by atoms with van der Waals surface area (Å²) in [7, 11) is 0. The molecule has 0 spiro atoms. The van der Waals surface area contributed by atoms with E-state index in [1.54, 1.807) is 0 Å². The van der Waals surface area contributed by atoms with Crippen molar-refractivity contribution < 1.29 is 4.74 Å². The van der Waals surface area contributed by atoms with Crippen molar-refractivity contribution in [2.45, 2.75) is 25.5 Å². The second-order valence-electron chi connectivity index (χ2n) is 3.67. The molecular weight excluding hydrogens is 174 g/mol. The van der Waals surface area contributed by atoms with Gasteiger partial charge >= 0.3 is 0 Å². The molecule has 0 amide bonds. The largest absolute Gasteiger partial charge is 0.371 e. The second-order valence-corrected chi connectivity index (χ2v) is 3.67. The van der Waals surface area contributed by atoms with Gasteiger partial charge in [0.15, 0.2) is 0 Å². The van der Waals surface area contributed by atoms with E-state index in [0.29, 0.717) is 6.04 Å². The molecule has 1 fully saturated rings. The van der Waals surface area contributed by atoms with Crippen molar-refractivity contribution in [2.24, 2.45) is 0 Å². The van der Waals surface area contributed by atoms with E-state index in [1.165, 1.54) is 5.56 Å². The molecule has 1 saturated heterocycles. The third-order valence-corrected chi connectivity index (χ3v) is 2.74. The highest BCUT2D eigenvalue weighted by Crippen LogP contribution is 2.24. The molecule has 2 rings (SSSR count). The molecule has 1 heterocycles. The van der Waals surface area contributed by atoms with Crippen molar-refractivity contribution in [1.82, 2.24) is 5.32 Å². The summed E-state index contributed by atoms with van der Waals surface area (Å²) in [6.07, 6.45) is 1.34. The Kier molecular flexibility index (Phi) is 3.17. The average Bonchev–Trinajstić information content (AvgIpc) is 2.30. The maximum atomic E-state index is 5.80. The predicted molar refractivity (Wildman–Crippen MR) is 57.2 cm³/mol. The Morgan fingerprint density at radius 3 is 2.86 bits per heavy atom. The van der Waals surface area contributed by atoms with Gasteiger partial charge in [-0.15, -0.1) is 0 Å². The molecule has 1 aliphatic rings. The minimum Gasteiger partial charge on any atom is -0.371 e. The van der Waals surface area contributed by atoms with E-state index in [9.17, 15) is 0 Å². The SMILES string of the molecule is CC[C@H]1NCCO[C@H]1c1ccccc1. The van der Waals surface area contributed by atoms with E-state index in [0.717, 1.165) is 19.6 Å². The molecule has 1 N–H and O–H groups in total. The van der Waals surface area contributed by atoms with Crippen molar-refractivity contribution in [2.75, 3.05) is 13.2 Å². The van der Waals surface area contributed by atoms with Crippen molar-refractivity contribution in [3.8, 4) is 0 Å². The van der Waals surface area contributed by atoms with Crippen LogP contribution in [-0.2, 0) is 4.74 Å². The lowest BCUT2D eigenvalue weighted by molar-refractivity contribution is -0.00641. The van der Waals surface area contributed by atoms with Gasteiger partial charge in [-0.2, -0.15) is 0 Å². The van der Waals surface area contributed by atoms with Crippen LogP contribution in [-0.4, -0.2) is 19.2 Å². The van der Waals surface area contributed by atoms with Gasteiger partial charge in [-0.3, -0.25) is 0 Å². The summed E-state index contributed by atoms with van der Waals surface area (Å²) in [5.74, 6) is 0. The zero-order chi connectivity index (χ0) is 9.80. The predicted octanol–water partition coefficient (Wildman–Crippen LogP) is 2.13. The number of ether oxygens (including phenoxy) is 1. The van der Waals surface area contributed by atoms with Crippen LogP contribution in [0.5, 0.6) is 0 Å². The first-order chi connectivity index (χ1) is 6.92. The average molecular weight is 191 g/mol. The minimum absolute atomic E-state index is 0.231. The summed E-state index contributed by atoms with van der Waals surface area (Å²) in [4.78, 5) is 0. The number of morpholine rings is 1. The fraction of sp³-hybridized carbons (Fsp3) is 0.500. The van der Waals surface area contributed by atoms with Crippen LogP contribution in [0.1, 0.15) is 25.0 Å². The number of benzene rings is 1. The first-order valence-electron chi connectivity index (χ1n) is 5.31. The molecule has 1 aromatic carbocycles. The molecule has 14 heavy (non-hydrogen) atoms. The zero-order valence-electron chi connectivity index (χ0n) is 8.57. The lowest BCUT2D eigenvalue weighted by Gasteiger charge is -2.32. The summed E-state index contributed by atoms with van der Waals surface area (Å²) in [5, 5.41) is 3.49. The van der Waals surface area contributed by atoms with E-state index < -0.39 is 0 Å². The molecule has 0 radical (unpaired) electrons. The molecule has 1 aromatic rings. The van der Waals surface area contributed by atoms with Crippen LogP contribution in [0.15, 0.2) is 30.3 Å². The highest BCUT2D eigenvalue weighted by molar-refractivity contribution is 5.19. The first kappa shape index (κ1) is 9.69. The quantitative estimate of drug-likeness (QED) is 0.773. The van der Waals surface area contributed by atoms with Crippen LogP contribution < -0.4 is 5.32 Å². The van der Waals surface area contributed by atoms with Gasteiger partial charge < -0.3 is 10.1 Å². The number of nitrogens with one attached hydrogen (secondary N) is 1. The molecule has 76 valence electrons. The van der Waals surface area contributed by atoms with Crippen LogP contribution in [0.2, 0.25) is 0 Å². The molecule has 2 nitrogen and oxygen atoms in total. The second kappa shape index (κ2) is 4.58. The van der Waals surface area contributed by atoms with Crippen molar-refractivity contribution in [3.63, 3.8) is 0 Å². The summed E-state index contributed by atoms with van der Waals surface area (Å²) >= 11 is 0. The van der Waals surface area contributed by atoms with E-state index in [2.05, 4.69) is 36.5 Å². The van der Waals surface area contributed by atoms with Crippen molar-refractivity contribution in [1.29, 1.82) is 0 Å². The molecule has 0 aliphatic carbocycles. The minimum atomic E-state index is 0.231. The lowest BCUT2D eigenvalue weighted by atomic mass is 9.99. The molecule has 0 bridgehead atoms. The molecule has 2 heteroatoms. The Bertz CT molecular complexity index is 273. The Balaban J connectivity index is 2.15. The summed E-state index contributed by atoms with van der Waals surface area (Å²) in [5.41, 5.74) is 1.28. The maximum Gasteiger partial charge on any atom is 0.0978 e. The van der Waals surface area contributed by atoms with Crippen molar-refractivity contribution >= 4 is 0 Å². The normalized spacial score (nSPS) is 27.5. The molecule has 2 atom stereocenters. The van der Waals surface area contributed by atoms with Crippen LogP contribution in [0.3, 0.4) is 0 Å². The van der Waals surface area contributed by atoms with E-state index in [1.807, 2.05) is 6.07 Å². The third kappa shape index (κ3) is 1.97. The van der Waals surface area contributed by atoms with Crippen LogP contribution in [0.4, 0.5) is 0 Å². The lowest BCUT2D eigenvalue weighted by Crippen LogP contribution is -2.43. The standard InChI is InChI=1S/C12H17NO/c1-2-11-12(14-9-8-13-11)10-6-4-3-5-7-10/h3-7,11-13H,2,8-9H2,1H3/t11-,12+/m1/s1. The number of rotatable bonds is 2. The highest BCUT2D eigenvalue weighted by atomic mass is 16.5. The summed E-state index contributed by atoms with van der Waals surface area (Å²) in [6.45, 7) is 3.99. The van der Waals surface area contributed by atoms with E-state index in [4.69, 9.17) is 4.74 Å². The molecular formula is C12H17NO. The fourth-order valence-electron chi connectivity index (χ4n) is 1.98. The molecule has 0 aromatic heterocycles. The maximum absolute atomic E-state index is 5.80. The monoisotopic (exact) mass is 191 g/mol. The van der Waals surface area contributed by atoms with Gasteiger partial charge in [-0.05, 0) is 12.0 Å². The summed E-state index contributed by atoms with van der Waals surface area (Å²) < 4.78 is 5.80. The topological polar surface area (TPSA) is 21.3 Å². The smallest absolute Gasteiger partial charge is 0.0978 e. The Morgan fingerprint density at radius 2 is 2.14 bits per heavy atom. The van der Waals surface area contributed by atoms with Gasteiger partial charge in [0.05, 0.1) is 12.7 Å². The molecule has 0 unspecified atom stereocenters. The zero-order valence-corrected chi connectivity index (χ0v) is 8.57. The number of hydrogen-bond donors (Lipinski definition) is 1. The van der Waals surface area contributed by atoms with Gasteiger partial charge in [-0.1, -0.05) is 37.3 Å². The van der Waals surface area contributed by atoms with E-state index in [-0.39, 0.29) is 6.10 Å². The van der Waals surface area contributed by atoms with Gasteiger partial charge in [0.1, 0.15) is 0 Å². The Hall–Kier alpha value is -0.860. The summed E-state index contributed by atoms with van der Waals surface area (Å²) in [6, 6.07) is 10.9. The molecule has 0 saturated carbocycles. The van der Waals surface area contributed by atoms with Crippen LogP contribution in [0.25, 0.3) is 0 Å².